The lowest BCUT2D eigenvalue weighted by atomic mass is 10.1. The number of rotatable bonds is 4. The minimum Gasteiger partial charge on any atom is -0.225 e. The Morgan fingerprint density at radius 2 is 1.65 bits per heavy atom. The summed E-state index contributed by atoms with van der Waals surface area (Å²) in [4.78, 5) is 10.9. The van der Waals surface area contributed by atoms with Crippen LogP contribution in [0.2, 0.25) is 0 Å². The molecule has 0 amide bonds. The molecule has 2 aromatic rings. The predicted molar refractivity (Wildman–Crippen MR) is 69.6 cm³/mol. The van der Waals surface area contributed by atoms with Crippen molar-refractivity contribution in [2.24, 2.45) is 5.29 Å². The van der Waals surface area contributed by atoms with E-state index in [9.17, 15) is 4.91 Å². The average molecular weight is 226 g/mol. The highest BCUT2D eigenvalue weighted by molar-refractivity contribution is 5.52. The summed E-state index contributed by atoms with van der Waals surface area (Å²) in [6, 6.07) is 17.6. The maximum Gasteiger partial charge on any atom is 0.0698 e. The van der Waals surface area contributed by atoms with Crippen molar-refractivity contribution in [1.82, 2.24) is 0 Å². The summed E-state index contributed by atoms with van der Waals surface area (Å²) in [5.41, 5.74) is 2.96. The highest BCUT2D eigenvalue weighted by Gasteiger charge is 2.09. The molecule has 0 bridgehead atoms. The van der Waals surface area contributed by atoms with E-state index < -0.39 is 0 Å². The molecule has 3 heteroatoms. The summed E-state index contributed by atoms with van der Waals surface area (Å²) in [6.07, 6.45) is 0. The summed E-state index contributed by atoms with van der Waals surface area (Å²) in [5, 5.41) is 4.57. The van der Waals surface area contributed by atoms with Gasteiger partial charge in [-0.05, 0) is 24.1 Å². The minimum absolute atomic E-state index is 0.495. The van der Waals surface area contributed by atoms with Gasteiger partial charge in [0.1, 0.15) is 0 Å². The van der Waals surface area contributed by atoms with Gasteiger partial charge in [-0.25, -0.2) is 5.01 Å². The van der Waals surface area contributed by atoms with Gasteiger partial charge >= 0.3 is 0 Å². The van der Waals surface area contributed by atoms with Crippen molar-refractivity contribution < 1.29 is 0 Å². The maximum absolute atomic E-state index is 10.9. The molecule has 0 aromatic heterocycles. The molecule has 0 spiro atoms. The minimum atomic E-state index is 0.495. The highest BCUT2D eigenvalue weighted by Crippen LogP contribution is 2.21. The molecule has 0 saturated heterocycles. The standard InChI is InChI=1S/C14H14N2O/c1-12-7-5-6-10-14(12)16(15-17)11-13-8-3-2-4-9-13/h2-10H,11H2,1H3. The molecule has 3 nitrogen and oxygen atoms in total. The number of anilines is 1. The van der Waals surface area contributed by atoms with Crippen LogP contribution in [0, 0.1) is 11.8 Å². The van der Waals surface area contributed by atoms with E-state index in [1.54, 1.807) is 0 Å². The van der Waals surface area contributed by atoms with Crippen LogP contribution in [-0.2, 0) is 6.54 Å². The first-order valence-electron chi connectivity index (χ1n) is 5.51. The van der Waals surface area contributed by atoms with Crippen LogP contribution in [-0.4, -0.2) is 0 Å². The molecular formula is C14H14N2O. The van der Waals surface area contributed by atoms with Crippen molar-refractivity contribution in [2.75, 3.05) is 5.01 Å². The van der Waals surface area contributed by atoms with Crippen LogP contribution in [0.5, 0.6) is 0 Å². The molecule has 0 aliphatic rings. The third-order valence-corrected chi connectivity index (χ3v) is 2.67. The van der Waals surface area contributed by atoms with E-state index in [1.807, 2.05) is 61.5 Å². The Bertz CT molecular complexity index is 497. The second-order valence-electron chi connectivity index (χ2n) is 3.91. The van der Waals surface area contributed by atoms with Crippen molar-refractivity contribution in [3.63, 3.8) is 0 Å². The molecular weight excluding hydrogens is 212 g/mol. The summed E-state index contributed by atoms with van der Waals surface area (Å²) in [6.45, 7) is 2.47. The molecule has 86 valence electrons. The van der Waals surface area contributed by atoms with Gasteiger partial charge in [0.15, 0.2) is 0 Å². The second-order valence-corrected chi connectivity index (χ2v) is 3.91. The average Bonchev–Trinajstić information content (AvgIpc) is 2.38. The lowest BCUT2D eigenvalue weighted by molar-refractivity contribution is 0.842. The number of nitrogens with zero attached hydrogens (tertiary/aromatic N) is 2. The molecule has 0 aliphatic heterocycles. The van der Waals surface area contributed by atoms with Crippen LogP contribution in [0.25, 0.3) is 0 Å². The quantitative estimate of drug-likeness (QED) is 0.588. The van der Waals surface area contributed by atoms with E-state index in [2.05, 4.69) is 5.29 Å². The van der Waals surface area contributed by atoms with Crippen LogP contribution in [0.4, 0.5) is 5.69 Å². The van der Waals surface area contributed by atoms with E-state index in [0.29, 0.717) is 6.54 Å². The van der Waals surface area contributed by atoms with Crippen LogP contribution in [0.1, 0.15) is 11.1 Å². The fourth-order valence-electron chi connectivity index (χ4n) is 1.77. The number of aryl methyl sites for hydroxylation is 1. The largest absolute Gasteiger partial charge is 0.225 e. The lowest BCUT2D eigenvalue weighted by Crippen LogP contribution is -2.15. The Balaban J connectivity index is 2.24. The number of hydrogen-bond acceptors (Lipinski definition) is 2. The van der Waals surface area contributed by atoms with Crippen molar-refractivity contribution in [1.29, 1.82) is 0 Å². The molecule has 0 aliphatic carbocycles. The van der Waals surface area contributed by atoms with Crippen LogP contribution in [0.3, 0.4) is 0 Å². The molecule has 0 heterocycles. The zero-order valence-electron chi connectivity index (χ0n) is 9.71. The zero-order valence-corrected chi connectivity index (χ0v) is 9.71. The van der Waals surface area contributed by atoms with Crippen molar-refractivity contribution >= 4 is 5.69 Å². The van der Waals surface area contributed by atoms with Gasteiger partial charge in [-0.1, -0.05) is 48.5 Å². The first-order chi connectivity index (χ1) is 8.31. The summed E-state index contributed by atoms with van der Waals surface area (Å²) in [5.74, 6) is 0. The van der Waals surface area contributed by atoms with Gasteiger partial charge < -0.3 is 0 Å². The second kappa shape index (κ2) is 5.25. The number of para-hydroxylation sites is 1. The van der Waals surface area contributed by atoms with E-state index in [0.717, 1.165) is 16.8 Å². The zero-order chi connectivity index (χ0) is 12.1. The van der Waals surface area contributed by atoms with Crippen LogP contribution < -0.4 is 5.01 Å². The summed E-state index contributed by atoms with van der Waals surface area (Å²) in [7, 11) is 0. The third kappa shape index (κ3) is 2.69. The number of nitroso groups, excluding NO2 is 1. The highest BCUT2D eigenvalue weighted by atomic mass is 16.3. The summed E-state index contributed by atoms with van der Waals surface area (Å²) >= 11 is 0. The molecule has 2 aromatic carbocycles. The number of benzene rings is 2. The van der Waals surface area contributed by atoms with Gasteiger partial charge in [0.25, 0.3) is 0 Å². The monoisotopic (exact) mass is 226 g/mol. The molecule has 17 heavy (non-hydrogen) atoms. The van der Waals surface area contributed by atoms with E-state index in [-0.39, 0.29) is 0 Å². The normalized spacial score (nSPS) is 9.94. The van der Waals surface area contributed by atoms with Crippen molar-refractivity contribution in [3.8, 4) is 0 Å². The predicted octanol–water partition coefficient (Wildman–Crippen LogP) is 3.68. The topological polar surface area (TPSA) is 32.7 Å². The van der Waals surface area contributed by atoms with E-state index >= 15 is 0 Å². The smallest absolute Gasteiger partial charge is 0.0698 e. The Hall–Kier alpha value is -2.16. The van der Waals surface area contributed by atoms with Gasteiger partial charge in [0.2, 0.25) is 0 Å². The van der Waals surface area contributed by atoms with Gasteiger partial charge in [0, 0.05) is 0 Å². The Kier molecular flexibility index (Phi) is 3.50. The third-order valence-electron chi connectivity index (χ3n) is 2.67. The molecule has 0 radical (unpaired) electrons. The Morgan fingerprint density at radius 1 is 1.00 bits per heavy atom. The van der Waals surface area contributed by atoms with Crippen LogP contribution >= 0.6 is 0 Å². The van der Waals surface area contributed by atoms with Gasteiger partial charge in [-0.2, -0.15) is 0 Å². The first kappa shape index (κ1) is 11.3. The Labute approximate surface area is 101 Å². The molecule has 2 rings (SSSR count). The molecule has 0 N–H and O–H groups in total. The van der Waals surface area contributed by atoms with Crippen molar-refractivity contribution in [2.45, 2.75) is 13.5 Å². The first-order valence-corrected chi connectivity index (χ1v) is 5.51. The molecule has 0 unspecified atom stereocenters. The Morgan fingerprint density at radius 3 is 2.29 bits per heavy atom. The van der Waals surface area contributed by atoms with E-state index in [1.165, 1.54) is 5.01 Å². The fourth-order valence-corrected chi connectivity index (χ4v) is 1.77. The van der Waals surface area contributed by atoms with Gasteiger partial charge in [0.05, 0.1) is 17.5 Å². The maximum atomic E-state index is 10.9. The molecule has 0 atom stereocenters. The van der Waals surface area contributed by atoms with E-state index in [4.69, 9.17) is 0 Å². The lowest BCUT2D eigenvalue weighted by Gasteiger charge is -2.17. The van der Waals surface area contributed by atoms with Gasteiger partial charge in [-0.15, -0.1) is 4.91 Å². The molecule has 0 fully saturated rings. The van der Waals surface area contributed by atoms with Gasteiger partial charge in [-0.3, -0.25) is 0 Å². The van der Waals surface area contributed by atoms with Crippen molar-refractivity contribution in [3.05, 3.63) is 70.6 Å². The molecule has 0 saturated carbocycles. The summed E-state index contributed by atoms with van der Waals surface area (Å²) < 4.78 is 0. The SMILES string of the molecule is Cc1ccccc1N(Cc1ccccc1)N=O. The number of hydrogen-bond donors (Lipinski definition) is 0. The van der Waals surface area contributed by atoms with Crippen LogP contribution in [0.15, 0.2) is 59.9 Å². The fraction of sp³-hybridized carbons (Fsp3) is 0.143.